The predicted molar refractivity (Wildman–Crippen MR) is 87.7 cm³/mol. The zero-order valence-electron chi connectivity index (χ0n) is 13.0. The first-order valence-electron chi connectivity index (χ1n) is 7.91. The van der Waals surface area contributed by atoms with Gasteiger partial charge in [-0.25, -0.2) is 0 Å². The minimum absolute atomic E-state index is 0. The number of fused-ring (bicyclic) bond motifs is 3. The number of benzene rings is 1. The van der Waals surface area contributed by atoms with Gasteiger partial charge in [-0.1, -0.05) is 13.8 Å². The van der Waals surface area contributed by atoms with Crippen molar-refractivity contribution in [2.45, 2.75) is 51.0 Å². The van der Waals surface area contributed by atoms with Crippen LogP contribution in [-0.2, 0) is 5.41 Å². The Kier molecular flexibility index (Phi) is 5.05. The van der Waals surface area contributed by atoms with Crippen molar-refractivity contribution in [1.29, 1.82) is 0 Å². The van der Waals surface area contributed by atoms with Crippen LogP contribution in [0.5, 0.6) is 11.5 Å². The van der Waals surface area contributed by atoms with Crippen molar-refractivity contribution in [3.05, 3.63) is 23.8 Å². The highest BCUT2D eigenvalue weighted by Crippen LogP contribution is 2.49. The Morgan fingerprint density at radius 3 is 2.90 bits per heavy atom. The average Bonchev–Trinajstić information content (AvgIpc) is 2.47. The zero-order chi connectivity index (χ0) is 14.2. The van der Waals surface area contributed by atoms with Crippen LogP contribution in [-0.4, -0.2) is 35.7 Å². The Balaban J connectivity index is 0.00000161. The fourth-order valence-corrected chi connectivity index (χ4v) is 4.21. The summed E-state index contributed by atoms with van der Waals surface area (Å²) in [5, 5.41) is 9.89. The summed E-state index contributed by atoms with van der Waals surface area (Å²) in [5.41, 5.74) is 1.37. The van der Waals surface area contributed by atoms with Gasteiger partial charge < -0.3 is 9.84 Å². The SMILES string of the molecule is CCCN1CCC[C@]2(CC)c3cc(O)ccc3OC[C@@H]12.Cl. The van der Waals surface area contributed by atoms with Crippen LogP contribution in [0.3, 0.4) is 0 Å². The van der Waals surface area contributed by atoms with Crippen LogP contribution in [0.15, 0.2) is 18.2 Å². The van der Waals surface area contributed by atoms with Crippen molar-refractivity contribution in [2.75, 3.05) is 19.7 Å². The van der Waals surface area contributed by atoms with E-state index in [0.717, 1.165) is 25.3 Å². The Bertz CT molecular complexity index is 492. The summed E-state index contributed by atoms with van der Waals surface area (Å²) >= 11 is 0. The van der Waals surface area contributed by atoms with E-state index in [2.05, 4.69) is 18.7 Å². The van der Waals surface area contributed by atoms with Gasteiger partial charge >= 0.3 is 0 Å². The minimum atomic E-state index is 0. The first-order valence-corrected chi connectivity index (χ1v) is 7.91. The van der Waals surface area contributed by atoms with Crippen molar-refractivity contribution in [1.82, 2.24) is 4.90 Å². The van der Waals surface area contributed by atoms with Crippen LogP contribution in [0.4, 0.5) is 0 Å². The largest absolute Gasteiger partial charge is 0.508 e. The van der Waals surface area contributed by atoms with Crippen molar-refractivity contribution in [3.8, 4) is 11.5 Å². The number of piperidine rings is 1. The number of nitrogens with zero attached hydrogens (tertiary/aromatic N) is 1. The summed E-state index contributed by atoms with van der Waals surface area (Å²) in [6.07, 6.45) is 4.73. The number of phenolic OH excluding ortho intramolecular Hbond substituents is 1. The Hall–Kier alpha value is -0.930. The normalized spacial score (nSPS) is 28.0. The molecule has 1 saturated heterocycles. The third-order valence-electron chi connectivity index (χ3n) is 5.18. The number of rotatable bonds is 3. The zero-order valence-corrected chi connectivity index (χ0v) is 13.8. The van der Waals surface area contributed by atoms with Crippen molar-refractivity contribution < 1.29 is 9.84 Å². The maximum atomic E-state index is 9.89. The maximum absolute atomic E-state index is 9.89. The van der Waals surface area contributed by atoms with Gasteiger partial charge in [0.1, 0.15) is 18.1 Å². The smallest absolute Gasteiger partial charge is 0.123 e. The lowest BCUT2D eigenvalue weighted by molar-refractivity contribution is 0.0117. The Morgan fingerprint density at radius 2 is 2.19 bits per heavy atom. The lowest BCUT2D eigenvalue weighted by Crippen LogP contribution is -2.59. The lowest BCUT2D eigenvalue weighted by atomic mass is 9.65. The highest BCUT2D eigenvalue weighted by Gasteiger charge is 2.48. The van der Waals surface area contributed by atoms with Crippen molar-refractivity contribution in [3.63, 3.8) is 0 Å². The molecule has 0 aromatic heterocycles. The molecular weight excluding hydrogens is 286 g/mol. The van der Waals surface area contributed by atoms with Gasteiger partial charge in [0.15, 0.2) is 0 Å². The molecule has 1 fully saturated rings. The van der Waals surface area contributed by atoms with E-state index in [9.17, 15) is 5.11 Å². The summed E-state index contributed by atoms with van der Waals surface area (Å²) in [6.45, 7) is 7.63. The molecular formula is C17H26ClNO2. The van der Waals surface area contributed by atoms with E-state index in [0.29, 0.717) is 11.8 Å². The molecule has 0 saturated carbocycles. The van der Waals surface area contributed by atoms with E-state index >= 15 is 0 Å². The number of hydrogen-bond acceptors (Lipinski definition) is 3. The number of ether oxygens (including phenoxy) is 1. The van der Waals surface area contributed by atoms with Crippen molar-refractivity contribution >= 4 is 12.4 Å². The monoisotopic (exact) mass is 311 g/mol. The van der Waals surface area contributed by atoms with Gasteiger partial charge in [0.05, 0.1) is 6.04 Å². The lowest BCUT2D eigenvalue weighted by Gasteiger charge is -2.53. The van der Waals surface area contributed by atoms with E-state index in [1.807, 2.05) is 12.1 Å². The molecule has 2 aliphatic rings. The van der Waals surface area contributed by atoms with E-state index in [1.165, 1.54) is 31.4 Å². The number of aromatic hydroxyl groups is 1. The first kappa shape index (κ1) is 16.4. The molecule has 2 aliphatic heterocycles. The summed E-state index contributed by atoms with van der Waals surface area (Å²) < 4.78 is 6.00. The van der Waals surface area contributed by atoms with E-state index in [-0.39, 0.29) is 17.8 Å². The van der Waals surface area contributed by atoms with E-state index < -0.39 is 0 Å². The average molecular weight is 312 g/mol. The maximum Gasteiger partial charge on any atom is 0.123 e. The summed E-state index contributed by atoms with van der Waals surface area (Å²) in [6, 6.07) is 6.04. The summed E-state index contributed by atoms with van der Waals surface area (Å²) in [5.74, 6) is 1.33. The van der Waals surface area contributed by atoms with Gasteiger partial charge in [0.25, 0.3) is 0 Å². The number of hydrogen-bond donors (Lipinski definition) is 1. The van der Waals surface area contributed by atoms with Crippen LogP contribution < -0.4 is 4.74 Å². The Morgan fingerprint density at radius 1 is 1.38 bits per heavy atom. The molecule has 2 heterocycles. The fraction of sp³-hybridized carbons (Fsp3) is 0.647. The van der Waals surface area contributed by atoms with Gasteiger partial charge in [0, 0.05) is 11.0 Å². The molecule has 1 aromatic carbocycles. The number of halogens is 1. The molecule has 21 heavy (non-hydrogen) atoms. The molecule has 3 nitrogen and oxygen atoms in total. The molecule has 0 unspecified atom stereocenters. The second-order valence-electron chi connectivity index (χ2n) is 6.16. The standard InChI is InChI=1S/C17H25NO2.ClH/c1-3-9-18-10-5-8-17(4-2)14-11-13(19)6-7-15(14)20-12-16(17)18;/h6-7,11,16,19H,3-5,8-10,12H2,1-2H3;1H/t16-,17-;/m1./s1. The van der Waals surface area contributed by atoms with Gasteiger partial charge in [-0.15, -0.1) is 12.4 Å². The Labute approximate surface area is 133 Å². The van der Waals surface area contributed by atoms with Crippen molar-refractivity contribution in [2.24, 2.45) is 0 Å². The topological polar surface area (TPSA) is 32.7 Å². The molecule has 1 aromatic rings. The van der Waals surface area contributed by atoms with Gasteiger partial charge in [-0.2, -0.15) is 0 Å². The molecule has 118 valence electrons. The quantitative estimate of drug-likeness (QED) is 0.923. The van der Waals surface area contributed by atoms with Crippen LogP contribution in [0, 0.1) is 0 Å². The van der Waals surface area contributed by atoms with E-state index in [1.54, 1.807) is 6.07 Å². The fourth-order valence-electron chi connectivity index (χ4n) is 4.21. The van der Waals surface area contributed by atoms with Crippen LogP contribution in [0.25, 0.3) is 0 Å². The molecule has 0 spiro atoms. The van der Waals surface area contributed by atoms with Gasteiger partial charge in [0.2, 0.25) is 0 Å². The van der Waals surface area contributed by atoms with Gasteiger partial charge in [-0.05, 0) is 57.0 Å². The molecule has 4 heteroatoms. The summed E-state index contributed by atoms with van der Waals surface area (Å²) in [7, 11) is 0. The predicted octanol–water partition coefficient (Wildman–Crippen LogP) is 3.73. The second-order valence-corrected chi connectivity index (χ2v) is 6.16. The molecule has 0 aliphatic carbocycles. The highest BCUT2D eigenvalue weighted by molar-refractivity contribution is 5.85. The van der Waals surface area contributed by atoms with E-state index in [4.69, 9.17) is 4.74 Å². The highest BCUT2D eigenvalue weighted by atomic mass is 35.5. The van der Waals surface area contributed by atoms with Crippen LogP contribution in [0.2, 0.25) is 0 Å². The third kappa shape index (κ3) is 2.62. The first-order chi connectivity index (χ1) is 9.71. The third-order valence-corrected chi connectivity index (χ3v) is 5.18. The molecule has 2 atom stereocenters. The molecule has 3 rings (SSSR count). The van der Waals surface area contributed by atoms with Gasteiger partial charge in [-0.3, -0.25) is 4.90 Å². The molecule has 0 radical (unpaired) electrons. The number of likely N-dealkylation sites (tertiary alicyclic amines) is 1. The summed E-state index contributed by atoms with van der Waals surface area (Å²) in [4.78, 5) is 2.60. The molecule has 0 bridgehead atoms. The minimum Gasteiger partial charge on any atom is -0.508 e. The van der Waals surface area contributed by atoms with Crippen LogP contribution >= 0.6 is 12.4 Å². The molecule has 0 amide bonds. The molecule has 1 N–H and O–H groups in total. The second kappa shape index (κ2) is 6.45. The van der Waals surface area contributed by atoms with Crippen LogP contribution in [0.1, 0.15) is 45.1 Å². The number of phenols is 1.